The van der Waals surface area contributed by atoms with Gasteiger partial charge in [0.15, 0.2) is 0 Å². The van der Waals surface area contributed by atoms with Crippen LogP contribution in [0.2, 0.25) is 0 Å². The third-order valence-electron chi connectivity index (χ3n) is 2.46. The maximum Gasteiger partial charge on any atom is 0.222 e. The van der Waals surface area contributed by atoms with Gasteiger partial charge in [-0.25, -0.2) is 0 Å². The SMILES string of the molecule is CC(C)C(=O)NCCNC(C)C(C)(C)O. The molecule has 4 heteroatoms. The van der Waals surface area contributed by atoms with E-state index in [4.69, 9.17) is 0 Å². The van der Waals surface area contributed by atoms with E-state index in [-0.39, 0.29) is 17.9 Å². The molecule has 0 aromatic carbocycles. The van der Waals surface area contributed by atoms with Crippen molar-refractivity contribution in [3.8, 4) is 0 Å². The molecule has 4 nitrogen and oxygen atoms in total. The Morgan fingerprint density at radius 1 is 1.27 bits per heavy atom. The smallest absolute Gasteiger partial charge is 0.222 e. The molecule has 0 aromatic rings. The fraction of sp³-hybridized carbons (Fsp3) is 0.909. The van der Waals surface area contributed by atoms with Crippen molar-refractivity contribution >= 4 is 5.91 Å². The lowest BCUT2D eigenvalue weighted by Crippen LogP contribution is -2.47. The third kappa shape index (κ3) is 6.47. The zero-order chi connectivity index (χ0) is 12.1. The van der Waals surface area contributed by atoms with Crippen LogP contribution < -0.4 is 10.6 Å². The molecule has 3 N–H and O–H groups in total. The minimum atomic E-state index is -0.734. The molecule has 0 saturated heterocycles. The van der Waals surface area contributed by atoms with Crippen LogP contribution in [0.3, 0.4) is 0 Å². The summed E-state index contributed by atoms with van der Waals surface area (Å²) in [6, 6.07) is 0.00783. The number of hydrogen-bond donors (Lipinski definition) is 3. The highest BCUT2D eigenvalue weighted by Gasteiger charge is 2.21. The van der Waals surface area contributed by atoms with E-state index in [1.165, 1.54) is 0 Å². The van der Waals surface area contributed by atoms with Crippen LogP contribution in [-0.2, 0) is 4.79 Å². The summed E-state index contributed by atoms with van der Waals surface area (Å²) < 4.78 is 0. The van der Waals surface area contributed by atoms with E-state index in [0.717, 1.165) is 0 Å². The van der Waals surface area contributed by atoms with Crippen molar-refractivity contribution < 1.29 is 9.90 Å². The fourth-order valence-corrected chi connectivity index (χ4v) is 0.928. The van der Waals surface area contributed by atoms with E-state index in [1.54, 1.807) is 13.8 Å². The molecule has 0 fully saturated rings. The van der Waals surface area contributed by atoms with E-state index in [9.17, 15) is 9.90 Å². The van der Waals surface area contributed by atoms with Gasteiger partial charge in [-0.3, -0.25) is 4.79 Å². The molecular formula is C11H24N2O2. The highest BCUT2D eigenvalue weighted by atomic mass is 16.3. The molecule has 0 saturated carbocycles. The van der Waals surface area contributed by atoms with Crippen LogP contribution in [0.15, 0.2) is 0 Å². The van der Waals surface area contributed by atoms with E-state index in [2.05, 4.69) is 10.6 Å². The summed E-state index contributed by atoms with van der Waals surface area (Å²) in [5, 5.41) is 15.6. The van der Waals surface area contributed by atoms with Crippen molar-refractivity contribution in [1.82, 2.24) is 10.6 Å². The van der Waals surface area contributed by atoms with Gasteiger partial charge in [-0.1, -0.05) is 13.8 Å². The number of hydrogen-bond acceptors (Lipinski definition) is 3. The van der Waals surface area contributed by atoms with Crippen LogP contribution >= 0.6 is 0 Å². The van der Waals surface area contributed by atoms with Gasteiger partial charge in [-0.15, -0.1) is 0 Å². The number of carbonyl (C=O) groups is 1. The summed E-state index contributed by atoms with van der Waals surface area (Å²) in [5.41, 5.74) is -0.734. The van der Waals surface area contributed by atoms with Crippen LogP contribution in [0.4, 0.5) is 0 Å². The molecule has 0 spiro atoms. The number of aliphatic hydroxyl groups is 1. The van der Waals surface area contributed by atoms with E-state index >= 15 is 0 Å². The second-order valence-corrected chi connectivity index (χ2v) is 4.78. The lowest BCUT2D eigenvalue weighted by Gasteiger charge is -2.26. The van der Waals surface area contributed by atoms with Crippen molar-refractivity contribution in [3.05, 3.63) is 0 Å². The first-order valence-electron chi connectivity index (χ1n) is 5.48. The molecule has 0 bridgehead atoms. The lowest BCUT2D eigenvalue weighted by molar-refractivity contribution is -0.123. The predicted octanol–water partition coefficient (Wildman–Crippen LogP) is 0.508. The van der Waals surface area contributed by atoms with Crippen molar-refractivity contribution in [2.24, 2.45) is 5.92 Å². The summed E-state index contributed by atoms with van der Waals surface area (Å²) in [4.78, 5) is 11.2. The van der Waals surface area contributed by atoms with E-state index in [1.807, 2.05) is 20.8 Å². The molecule has 0 aliphatic carbocycles. The second kappa shape index (κ2) is 6.08. The number of carbonyl (C=O) groups excluding carboxylic acids is 1. The average molecular weight is 216 g/mol. The molecule has 1 unspecified atom stereocenters. The molecule has 0 aliphatic rings. The molecule has 1 atom stereocenters. The summed E-state index contributed by atoms with van der Waals surface area (Å²) in [5.74, 6) is 0.0874. The Balaban J connectivity index is 3.60. The van der Waals surface area contributed by atoms with Crippen LogP contribution in [-0.4, -0.2) is 35.7 Å². The summed E-state index contributed by atoms with van der Waals surface area (Å²) >= 11 is 0. The monoisotopic (exact) mass is 216 g/mol. The maximum atomic E-state index is 11.2. The first kappa shape index (κ1) is 14.4. The minimum Gasteiger partial charge on any atom is -0.389 e. The molecule has 0 aliphatic heterocycles. The molecule has 15 heavy (non-hydrogen) atoms. The van der Waals surface area contributed by atoms with Crippen LogP contribution in [0, 0.1) is 5.92 Å². The van der Waals surface area contributed by atoms with Crippen LogP contribution in [0.5, 0.6) is 0 Å². The largest absolute Gasteiger partial charge is 0.389 e. The first-order chi connectivity index (χ1) is 6.75. The Morgan fingerprint density at radius 2 is 1.80 bits per heavy atom. The number of rotatable bonds is 6. The van der Waals surface area contributed by atoms with Gasteiger partial charge in [0.25, 0.3) is 0 Å². The van der Waals surface area contributed by atoms with Gasteiger partial charge >= 0.3 is 0 Å². The van der Waals surface area contributed by atoms with Gasteiger partial charge in [0.05, 0.1) is 5.60 Å². The molecule has 1 amide bonds. The topological polar surface area (TPSA) is 61.4 Å². The Hall–Kier alpha value is -0.610. The van der Waals surface area contributed by atoms with Gasteiger partial charge in [-0.05, 0) is 20.8 Å². The quantitative estimate of drug-likeness (QED) is 0.567. The van der Waals surface area contributed by atoms with Crippen molar-refractivity contribution in [2.75, 3.05) is 13.1 Å². The molecule has 0 rings (SSSR count). The molecule has 0 aromatic heterocycles. The predicted molar refractivity (Wildman–Crippen MR) is 61.6 cm³/mol. The van der Waals surface area contributed by atoms with Gasteiger partial charge in [0.1, 0.15) is 0 Å². The lowest BCUT2D eigenvalue weighted by atomic mass is 10.0. The zero-order valence-corrected chi connectivity index (χ0v) is 10.4. The fourth-order valence-electron chi connectivity index (χ4n) is 0.928. The van der Waals surface area contributed by atoms with E-state index in [0.29, 0.717) is 13.1 Å². The number of amides is 1. The Bertz CT molecular complexity index is 197. The summed E-state index contributed by atoms with van der Waals surface area (Å²) in [6.07, 6.45) is 0. The average Bonchev–Trinajstić information content (AvgIpc) is 2.09. The number of nitrogens with one attached hydrogen (secondary N) is 2. The maximum absolute atomic E-state index is 11.2. The van der Waals surface area contributed by atoms with Crippen LogP contribution in [0.25, 0.3) is 0 Å². The Morgan fingerprint density at radius 3 is 2.20 bits per heavy atom. The van der Waals surface area contributed by atoms with Crippen LogP contribution in [0.1, 0.15) is 34.6 Å². The van der Waals surface area contributed by atoms with Gasteiger partial charge in [0, 0.05) is 25.0 Å². The van der Waals surface area contributed by atoms with Crippen molar-refractivity contribution in [3.63, 3.8) is 0 Å². The van der Waals surface area contributed by atoms with Crippen molar-refractivity contribution in [1.29, 1.82) is 0 Å². The summed E-state index contributed by atoms with van der Waals surface area (Å²) in [6.45, 7) is 10.4. The second-order valence-electron chi connectivity index (χ2n) is 4.78. The highest BCUT2D eigenvalue weighted by Crippen LogP contribution is 2.06. The normalized spacial score (nSPS) is 14.1. The standard InChI is InChI=1S/C11H24N2O2/c1-8(2)10(14)13-7-6-12-9(3)11(4,5)15/h8-9,12,15H,6-7H2,1-5H3,(H,13,14). The third-order valence-corrected chi connectivity index (χ3v) is 2.46. The Kier molecular flexibility index (Phi) is 5.83. The molecule has 0 radical (unpaired) electrons. The zero-order valence-electron chi connectivity index (χ0n) is 10.4. The van der Waals surface area contributed by atoms with E-state index < -0.39 is 5.60 Å². The van der Waals surface area contributed by atoms with Gasteiger partial charge in [-0.2, -0.15) is 0 Å². The minimum absolute atomic E-state index is 0.00783. The highest BCUT2D eigenvalue weighted by molar-refractivity contribution is 5.77. The summed E-state index contributed by atoms with van der Waals surface area (Å²) in [7, 11) is 0. The Labute approximate surface area is 92.4 Å². The van der Waals surface area contributed by atoms with Gasteiger partial charge < -0.3 is 15.7 Å². The van der Waals surface area contributed by atoms with Gasteiger partial charge in [0.2, 0.25) is 5.91 Å². The molecule has 0 heterocycles. The first-order valence-corrected chi connectivity index (χ1v) is 5.48. The molecular weight excluding hydrogens is 192 g/mol. The molecule has 90 valence electrons. The van der Waals surface area contributed by atoms with Crippen molar-refractivity contribution in [2.45, 2.75) is 46.3 Å².